The Morgan fingerprint density at radius 1 is 0.711 bits per heavy atom. The summed E-state index contributed by atoms with van der Waals surface area (Å²) >= 11 is 0. The van der Waals surface area contributed by atoms with Crippen molar-refractivity contribution in [3.8, 4) is 17.2 Å². The number of nitro benzene ring substituents is 1. The van der Waals surface area contributed by atoms with Gasteiger partial charge in [-0.05, 0) is 78.3 Å². The van der Waals surface area contributed by atoms with Crippen molar-refractivity contribution in [2.75, 3.05) is 39.3 Å². The third kappa shape index (κ3) is 11.5. The van der Waals surface area contributed by atoms with Gasteiger partial charge < -0.3 is 28.7 Å². The Morgan fingerprint density at radius 2 is 1.32 bits per heavy atom. The Labute approximate surface area is 434 Å². The summed E-state index contributed by atoms with van der Waals surface area (Å²) in [6.45, 7) is -0.861. The molecule has 0 N–H and O–H groups in total. The van der Waals surface area contributed by atoms with Crippen LogP contribution in [0.4, 0.5) is 32.4 Å². The number of amides is 2. The number of fused-ring (bicyclic) bond motifs is 1. The second-order valence-electron chi connectivity index (χ2n) is 18.3. The summed E-state index contributed by atoms with van der Waals surface area (Å²) in [6, 6.07) is 33.7. The molecule has 6 aromatic rings. The number of ether oxygens (including phenoxy) is 4. The van der Waals surface area contributed by atoms with E-state index in [4.69, 9.17) is 18.9 Å². The minimum absolute atomic E-state index is 0.00222. The molecule has 0 aliphatic carbocycles. The molecule has 15 nitrogen and oxygen atoms in total. The quantitative estimate of drug-likeness (QED) is 0.0423. The largest absolute Gasteiger partial charge is 0.489 e. The summed E-state index contributed by atoms with van der Waals surface area (Å²) in [4.78, 5) is 48.2. The molecule has 3 atom stereocenters. The summed E-state index contributed by atoms with van der Waals surface area (Å²) in [5.41, 5.74) is 2.17. The van der Waals surface area contributed by atoms with Gasteiger partial charge in [0.1, 0.15) is 36.7 Å². The topological polar surface area (TPSA) is 170 Å². The van der Waals surface area contributed by atoms with Crippen molar-refractivity contribution in [1.82, 2.24) is 14.1 Å². The van der Waals surface area contributed by atoms with Gasteiger partial charge in [-0.2, -0.15) is 13.1 Å². The molecule has 3 aliphatic heterocycles. The van der Waals surface area contributed by atoms with Gasteiger partial charge in [0, 0.05) is 57.3 Å². The maximum atomic E-state index is 15.5. The van der Waals surface area contributed by atoms with E-state index in [9.17, 15) is 36.5 Å². The van der Waals surface area contributed by atoms with Crippen LogP contribution in [0.15, 0.2) is 137 Å². The molecule has 3 aliphatic rings. The van der Waals surface area contributed by atoms with Crippen molar-refractivity contribution in [3.05, 3.63) is 194 Å². The summed E-state index contributed by atoms with van der Waals surface area (Å²) in [5, 5.41) is 12.2. The highest BCUT2D eigenvalue weighted by Gasteiger charge is 2.44. The van der Waals surface area contributed by atoms with E-state index < -0.39 is 103 Å². The summed E-state index contributed by atoms with van der Waals surface area (Å²) in [7, 11) is -4.61. The Balaban J connectivity index is 1.16. The molecular formula is C55H50F5N5O10S. The first-order valence-corrected chi connectivity index (χ1v) is 25.9. The Kier molecular flexibility index (Phi) is 16.2. The molecular weight excluding hydrogens is 1020 g/mol. The van der Waals surface area contributed by atoms with Gasteiger partial charge in [-0.3, -0.25) is 19.9 Å². The minimum atomic E-state index is -4.61. The number of carbonyl (C=O) groups is 2. The van der Waals surface area contributed by atoms with Crippen LogP contribution in [-0.2, 0) is 32.8 Å². The van der Waals surface area contributed by atoms with Crippen LogP contribution in [0.25, 0.3) is 0 Å². The summed E-state index contributed by atoms with van der Waals surface area (Å²) < 4.78 is 129. The van der Waals surface area contributed by atoms with E-state index in [0.29, 0.717) is 34.8 Å². The van der Waals surface area contributed by atoms with Crippen LogP contribution in [-0.4, -0.2) is 84.6 Å². The van der Waals surface area contributed by atoms with Crippen molar-refractivity contribution >= 4 is 33.6 Å². The third-order valence-electron chi connectivity index (χ3n) is 13.4. The fourth-order valence-electron chi connectivity index (χ4n) is 9.51. The number of halogens is 5. The normalized spacial score (nSPS) is 18.6. The number of sulfonamides is 1. The fourth-order valence-corrected chi connectivity index (χ4v) is 11.2. The summed E-state index contributed by atoms with van der Waals surface area (Å²) in [6.07, 6.45) is -2.15. The molecule has 6 aromatic carbocycles. The average Bonchev–Trinajstić information content (AvgIpc) is 3.84. The van der Waals surface area contributed by atoms with Gasteiger partial charge in [-0.15, -0.1) is 0 Å². The van der Waals surface area contributed by atoms with Gasteiger partial charge in [0.2, 0.25) is 50.8 Å². The zero-order chi connectivity index (χ0) is 53.5. The summed E-state index contributed by atoms with van der Waals surface area (Å²) in [5.74, 6) is -14.2. The van der Waals surface area contributed by atoms with Crippen molar-refractivity contribution in [2.24, 2.45) is 4.99 Å². The lowest BCUT2D eigenvalue weighted by atomic mass is 9.87. The smallest absolute Gasteiger partial charge is 0.410 e. The van der Waals surface area contributed by atoms with E-state index in [1.54, 1.807) is 77.7 Å². The molecule has 0 aromatic heterocycles. The van der Waals surface area contributed by atoms with E-state index in [0.717, 1.165) is 22.0 Å². The maximum Gasteiger partial charge on any atom is 0.410 e. The molecule has 0 saturated carbocycles. The number of nitro groups is 1. The maximum absolute atomic E-state index is 15.5. The highest BCUT2D eigenvalue weighted by molar-refractivity contribution is 7.89. The van der Waals surface area contributed by atoms with Crippen LogP contribution in [0, 0.1) is 39.2 Å². The van der Waals surface area contributed by atoms with Gasteiger partial charge in [-0.1, -0.05) is 91.0 Å². The number of aliphatic imine (C=N–C) groups is 1. The predicted molar refractivity (Wildman–Crippen MR) is 267 cm³/mol. The van der Waals surface area contributed by atoms with Gasteiger partial charge >= 0.3 is 6.09 Å². The molecule has 0 spiro atoms. The molecule has 9 rings (SSSR count). The molecule has 21 heteroatoms. The second kappa shape index (κ2) is 23.3. The standard InChI is InChI=1S/C55H50F5N5O10S/c56-47-48(57)50(59)53(51(60)49(47)58)75-45-32-42-38-21-24-43-40(31-38)46(52(74-43)37-19-22-39(23-20-37)72-33-35-13-3-1-4-14-35)54(66)62(27-11-25-61-45)26-9-10-28-63(76(70,71)44-18-8-7-17-41(44)65(68)69)29-12-30-64(42)55(67)73-34-36-15-5-2-6-16-36/h1-8,13-24,31,42,46,52H,9-12,25-30,32-34H2/t42-,46+,52-/m0/s1. The Hall–Kier alpha value is -7.91. The molecule has 0 radical (unpaired) electrons. The highest BCUT2D eigenvalue weighted by Crippen LogP contribution is 2.49. The van der Waals surface area contributed by atoms with E-state index in [2.05, 4.69) is 4.99 Å². The number of hydrogen-bond acceptors (Lipinski definition) is 11. The molecule has 0 saturated heterocycles. The number of nitrogens with zero attached hydrogens (tertiary/aromatic N) is 5. The van der Waals surface area contributed by atoms with Crippen molar-refractivity contribution in [1.29, 1.82) is 0 Å². The van der Waals surface area contributed by atoms with Gasteiger partial charge in [-0.25, -0.2) is 26.4 Å². The molecule has 4 bridgehead atoms. The van der Waals surface area contributed by atoms with Crippen LogP contribution in [0.3, 0.4) is 0 Å². The van der Waals surface area contributed by atoms with E-state index >= 15 is 13.6 Å². The van der Waals surface area contributed by atoms with Gasteiger partial charge in [0.05, 0.1) is 11.0 Å². The number of benzene rings is 6. The van der Waals surface area contributed by atoms with Crippen LogP contribution in [0.2, 0.25) is 0 Å². The Bertz CT molecular complexity index is 3220. The van der Waals surface area contributed by atoms with Crippen LogP contribution in [0.5, 0.6) is 17.2 Å². The molecule has 3 heterocycles. The number of carbonyl (C=O) groups excluding carboxylic acids is 2. The number of para-hydroxylation sites is 1. The van der Waals surface area contributed by atoms with Crippen molar-refractivity contribution < 1.29 is 63.8 Å². The zero-order valence-corrected chi connectivity index (χ0v) is 41.5. The Morgan fingerprint density at radius 3 is 2.01 bits per heavy atom. The van der Waals surface area contributed by atoms with Crippen LogP contribution in [0.1, 0.15) is 78.0 Å². The highest BCUT2D eigenvalue weighted by atomic mass is 32.2. The predicted octanol–water partition coefficient (Wildman–Crippen LogP) is 10.7. The minimum Gasteiger partial charge on any atom is -0.489 e. The van der Waals surface area contributed by atoms with E-state index in [1.165, 1.54) is 17.0 Å². The molecule has 396 valence electrons. The first kappa shape index (κ1) is 52.9. The fraction of sp³-hybridized carbons (Fsp3) is 0.291. The van der Waals surface area contributed by atoms with Crippen LogP contribution < -0.4 is 14.2 Å². The first-order chi connectivity index (χ1) is 36.7. The SMILES string of the molecule is O=C1[C@@H]2c3cc(ccc3O[C@H]2c2ccc(OCc3ccccc3)cc2)[C@@H]2CC(Oc3c(F)c(F)c(F)c(F)c3F)=NCCCN1CCCCN(S(=O)(=O)c1ccccc1[N+](=O)[O-])CCCN2C(=O)OCc1ccccc1. The first-order valence-electron chi connectivity index (χ1n) is 24.5. The van der Waals surface area contributed by atoms with E-state index in [-0.39, 0.29) is 77.1 Å². The molecule has 76 heavy (non-hydrogen) atoms. The molecule has 0 fully saturated rings. The lowest BCUT2D eigenvalue weighted by Gasteiger charge is -2.33. The van der Waals surface area contributed by atoms with Crippen molar-refractivity contribution in [3.63, 3.8) is 0 Å². The molecule has 2 amide bonds. The van der Waals surface area contributed by atoms with Gasteiger partial charge in [0.15, 0.2) is 10.8 Å². The lowest BCUT2D eigenvalue weighted by Crippen LogP contribution is -2.41. The number of hydrogen-bond donors (Lipinski definition) is 0. The monoisotopic (exact) mass is 1070 g/mol. The van der Waals surface area contributed by atoms with Gasteiger partial charge in [0.25, 0.3) is 5.69 Å². The number of rotatable bonds is 10. The lowest BCUT2D eigenvalue weighted by molar-refractivity contribution is -0.387. The van der Waals surface area contributed by atoms with E-state index in [1.807, 2.05) is 30.3 Å². The zero-order valence-electron chi connectivity index (χ0n) is 40.7. The second-order valence-corrected chi connectivity index (χ2v) is 20.2. The van der Waals surface area contributed by atoms with Crippen LogP contribution >= 0.6 is 0 Å². The molecule has 0 unspecified atom stereocenters. The third-order valence-corrected chi connectivity index (χ3v) is 15.3. The van der Waals surface area contributed by atoms with Crippen molar-refractivity contribution in [2.45, 2.75) is 68.3 Å². The average molecular weight is 1070 g/mol.